The lowest BCUT2D eigenvalue weighted by Gasteiger charge is -2.10. The van der Waals surface area contributed by atoms with Crippen molar-refractivity contribution in [2.75, 3.05) is 6.61 Å². The van der Waals surface area contributed by atoms with E-state index in [2.05, 4.69) is 4.79 Å². The average molecular weight is 432 g/mol. The minimum absolute atomic E-state index is 0.0491. The van der Waals surface area contributed by atoms with Gasteiger partial charge in [-0.1, -0.05) is 18.2 Å². The fourth-order valence-corrected chi connectivity index (χ4v) is 3.39. The van der Waals surface area contributed by atoms with Gasteiger partial charge in [-0.15, -0.1) is 0 Å². The molecular formula is C18H16N4O7S. The number of amides is 1. The molecule has 12 heteroatoms. The first kappa shape index (κ1) is 22.4. The van der Waals surface area contributed by atoms with Crippen LogP contribution in [0.1, 0.15) is 22.8 Å². The van der Waals surface area contributed by atoms with Crippen LogP contribution in [0.3, 0.4) is 0 Å². The van der Waals surface area contributed by atoms with Gasteiger partial charge < -0.3 is 10.3 Å². The van der Waals surface area contributed by atoms with Crippen molar-refractivity contribution in [3.05, 3.63) is 75.3 Å². The number of ether oxygens (including phenoxy) is 1. The van der Waals surface area contributed by atoms with Gasteiger partial charge in [-0.2, -0.15) is 4.79 Å². The standard InChI is InChI=1S/C18H16N4O7S/c1-2-29-18(24)16(20-19)11-12-5-3-4-6-15(12)17(23)21-30(27,28)14-9-7-13(8-10-14)22(25)26/h3-10H,2,11H2,1H3,(H,21,23). The number of sulfonamides is 1. The number of non-ortho nitro benzene ring substituents is 1. The van der Waals surface area contributed by atoms with Gasteiger partial charge in [-0.25, -0.2) is 17.9 Å². The maximum atomic E-state index is 12.6. The molecule has 2 aromatic carbocycles. The molecule has 0 saturated heterocycles. The predicted octanol–water partition coefficient (Wildman–Crippen LogP) is 1.49. The van der Waals surface area contributed by atoms with Crippen LogP contribution >= 0.6 is 0 Å². The third-order valence-electron chi connectivity index (χ3n) is 3.84. The zero-order valence-corrected chi connectivity index (χ0v) is 16.5. The second-order valence-corrected chi connectivity index (χ2v) is 7.47. The van der Waals surface area contributed by atoms with E-state index in [0.29, 0.717) is 0 Å². The second-order valence-electron chi connectivity index (χ2n) is 5.79. The molecule has 0 atom stereocenters. The lowest BCUT2D eigenvalue weighted by molar-refractivity contribution is -0.384. The number of benzene rings is 2. The Hall–Kier alpha value is -3.89. The van der Waals surface area contributed by atoms with Crippen LogP contribution in [0.4, 0.5) is 5.69 Å². The van der Waals surface area contributed by atoms with Gasteiger partial charge in [0.05, 0.1) is 22.8 Å². The van der Waals surface area contributed by atoms with Gasteiger partial charge in [0.25, 0.3) is 21.6 Å². The number of nitrogens with zero attached hydrogens (tertiary/aromatic N) is 3. The molecule has 156 valence electrons. The third kappa shape index (κ3) is 5.34. The molecule has 1 amide bonds. The summed E-state index contributed by atoms with van der Waals surface area (Å²) in [7, 11) is -4.32. The van der Waals surface area contributed by atoms with Crippen LogP contribution in [0.5, 0.6) is 0 Å². The number of nitro benzene ring substituents is 1. The molecule has 2 rings (SSSR count). The SMILES string of the molecule is CCOC(=O)C(Cc1ccccc1C(=O)NS(=O)(=O)c1ccc([N+](=O)[O-])cc1)=[N+]=[N-]. The molecule has 1 N–H and O–H groups in total. The number of nitrogens with one attached hydrogen (secondary N) is 1. The summed E-state index contributed by atoms with van der Waals surface area (Å²) < 4.78 is 31.5. The number of nitro groups is 1. The minimum Gasteiger partial charge on any atom is -0.457 e. The van der Waals surface area contributed by atoms with Crippen LogP contribution in [0.25, 0.3) is 5.53 Å². The van der Waals surface area contributed by atoms with Crippen LogP contribution in [0.2, 0.25) is 0 Å². The van der Waals surface area contributed by atoms with Crippen LogP contribution in [-0.2, 0) is 26.0 Å². The molecule has 11 nitrogen and oxygen atoms in total. The molecule has 30 heavy (non-hydrogen) atoms. The Kier molecular flexibility index (Phi) is 7.13. The van der Waals surface area contributed by atoms with Crippen molar-refractivity contribution >= 4 is 33.3 Å². The normalized spacial score (nSPS) is 10.6. The van der Waals surface area contributed by atoms with E-state index in [1.165, 1.54) is 18.2 Å². The Balaban J connectivity index is 2.28. The Morgan fingerprint density at radius 3 is 2.37 bits per heavy atom. The summed E-state index contributed by atoms with van der Waals surface area (Å²) in [5.74, 6) is -1.88. The fourth-order valence-electron chi connectivity index (χ4n) is 2.42. The van der Waals surface area contributed by atoms with Crippen molar-refractivity contribution in [1.29, 1.82) is 0 Å². The van der Waals surface area contributed by atoms with Crippen LogP contribution in [0, 0.1) is 10.1 Å². The van der Waals surface area contributed by atoms with Crippen LogP contribution < -0.4 is 4.72 Å². The number of hydrogen-bond donors (Lipinski definition) is 1. The van der Waals surface area contributed by atoms with Crippen molar-refractivity contribution in [2.45, 2.75) is 18.2 Å². The summed E-state index contributed by atoms with van der Waals surface area (Å²) in [6.07, 6.45) is -0.281. The minimum atomic E-state index is -4.32. The maximum Gasteiger partial charge on any atom is 0.417 e. The van der Waals surface area contributed by atoms with Crippen LogP contribution in [0.15, 0.2) is 53.4 Å². The first-order valence-electron chi connectivity index (χ1n) is 8.47. The third-order valence-corrected chi connectivity index (χ3v) is 5.18. The predicted molar refractivity (Wildman–Crippen MR) is 103 cm³/mol. The fraction of sp³-hybridized carbons (Fsp3) is 0.167. The van der Waals surface area contributed by atoms with Crippen molar-refractivity contribution in [3.8, 4) is 0 Å². The zero-order chi connectivity index (χ0) is 22.3. The highest BCUT2D eigenvalue weighted by Gasteiger charge is 2.26. The number of carbonyl (C=O) groups is 2. The van der Waals surface area contributed by atoms with Gasteiger partial charge in [-0.05, 0) is 30.7 Å². The van der Waals surface area contributed by atoms with Gasteiger partial charge in [0.1, 0.15) is 0 Å². The molecule has 0 saturated carbocycles. The van der Waals surface area contributed by atoms with Gasteiger partial charge >= 0.3 is 11.7 Å². The smallest absolute Gasteiger partial charge is 0.417 e. The molecule has 0 heterocycles. The topological polar surface area (TPSA) is 169 Å². The van der Waals surface area contributed by atoms with E-state index in [1.807, 2.05) is 4.72 Å². The van der Waals surface area contributed by atoms with E-state index in [4.69, 9.17) is 10.3 Å². The number of hydrogen-bond acceptors (Lipinski definition) is 7. The molecule has 0 aliphatic carbocycles. The summed E-state index contributed by atoms with van der Waals surface area (Å²) in [5, 5.41) is 10.7. The van der Waals surface area contributed by atoms with E-state index in [9.17, 15) is 28.1 Å². The molecule has 0 aliphatic rings. The largest absolute Gasteiger partial charge is 0.457 e. The molecule has 0 unspecified atom stereocenters. The molecule has 0 bridgehead atoms. The van der Waals surface area contributed by atoms with Crippen molar-refractivity contribution in [2.24, 2.45) is 0 Å². The monoisotopic (exact) mass is 432 g/mol. The van der Waals surface area contributed by atoms with Gasteiger partial charge in [0, 0.05) is 17.7 Å². The van der Waals surface area contributed by atoms with E-state index in [-0.39, 0.29) is 40.4 Å². The van der Waals surface area contributed by atoms with E-state index in [0.717, 1.165) is 24.3 Å². The van der Waals surface area contributed by atoms with Gasteiger partial charge in [0.2, 0.25) is 0 Å². The number of esters is 1. The molecule has 0 aliphatic heterocycles. The summed E-state index contributed by atoms with van der Waals surface area (Å²) in [5.41, 5.74) is 8.52. The summed E-state index contributed by atoms with van der Waals surface area (Å²) in [6, 6.07) is 9.81. The van der Waals surface area contributed by atoms with E-state index in [1.54, 1.807) is 13.0 Å². The highest BCUT2D eigenvalue weighted by Crippen LogP contribution is 2.17. The molecule has 0 spiro atoms. The maximum absolute atomic E-state index is 12.6. The van der Waals surface area contributed by atoms with Crippen molar-refractivity contribution < 1.29 is 32.5 Å². The van der Waals surface area contributed by atoms with E-state index < -0.39 is 26.8 Å². The van der Waals surface area contributed by atoms with Crippen LogP contribution in [-0.4, -0.2) is 42.3 Å². The number of carbonyl (C=O) groups excluding carboxylic acids is 2. The second kappa shape index (κ2) is 9.54. The lowest BCUT2D eigenvalue weighted by atomic mass is 10.0. The molecule has 0 fully saturated rings. The Labute approximate surface area is 171 Å². The molecule has 0 aromatic heterocycles. The number of rotatable bonds is 8. The van der Waals surface area contributed by atoms with Gasteiger partial charge in [0.15, 0.2) is 0 Å². The molecule has 2 aromatic rings. The first-order valence-corrected chi connectivity index (χ1v) is 9.95. The summed E-state index contributed by atoms with van der Waals surface area (Å²) >= 11 is 0. The average Bonchev–Trinajstić information content (AvgIpc) is 2.72. The lowest BCUT2D eigenvalue weighted by Crippen LogP contribution is -2.32. The highest BCUT2D eigenvalue weighted by molar-refractivity contribution is 7.90. The molecule has 0 radical (unpaired) electrons. The Bertz CT molecular complexity index is 1140. The Morgan fingerprint density at radius 1 is 1.17 bits per heavy atom. The van der Waals surface area contributed by atoms with E-state index >= 15 is 0 Å². The quantitative estimate of drug-likeness (QED) is 0.164. The first-order chi connectivity index (χ1) is 14.2. The summed E-state index contributed by atoms with van der Waals surface area (Å²) in [6.45, 7) is 1.62. The Morgan fingerprint density at radius 2 is 1.80 bits per heavy atom. The molecular weight excluding hydrogens is 416 g/mol. The zero-order valence-electron chi connectivity index (χ0n) is 15.6. The highest BCUT2D eigenvalue weighted by atomic mass is 32.2. The summed E-state index contributed by atoms with van der Waals surface area (Å²) in [4.78, 5) is 36.9. The van der Waals surface area contributed by atoms with Crippen molar-refractivity contribution in [1.82, 2.24) is 4.72 Å². The van der Waals surface area contributed by atoms with Crippen molar-refractivity contribution in [3.63, 3.8) is 0 Å². The van der Waals surface area contributed by atoms with Gasteiger partial charge in [-0.3, -0.25) is 14.9 Å².